The van der Waals surface area contributed by atoms with E-state index in [1.807, 2.05) is 6.07 Å². The van der Waals surface area contributed by atoms with E-state index >= 15 is 0 Å². The van der Waals surface area contributed by atoms with Crippen LogP contribution in [-0.4, -0.2) is 33.9 Å². The number of aromatic nitrogens is 2. The maximum atomic E-state index is 12.9. The van der Waals surface area contributed by atoms with Gasteiger partial charge in [-0.3, -0.25) is 14.5 Å². The Morgan fingerprint density at radius 1 is 0.966 bits per heavy atom. The molecule has 7 nitrogen and oxygen atoms in total. The van der Waals surface area contributed by atoms with Crippen molar-refractivity contribution in [3.05, 3.63) is 89.8 Å². The van der Waals surface area contributed by atoms with Gasteiger partial charge in [0.05, 0.1) is 18.7 Å². The molecule has 1 aromatic heterocycles. The number of carbonyl (C=O) groups excluding carboxylic acids is 2. The molecule has 144 valence electrons. The molecule has 1 amide bonds. The molecular formula is C22H17N3O4. The van der Waals surface area contributed by atoms with Crippen molar-refractivity contribution in [3.63, 3.8) is 0 Å². The van der Waals surface area contributed by atoms with Gasteiger partial charge in [0.2, 0.25) is 5.95 Å². The molecule has 1 saturated heterocycles. The van der Waals surface area contributed by atoms with Gasteiger partial charge < -0.3 is 9.84 Å². The van der Waals surface area contributed by atoms with Crippen LogP contribution in [0.25, 0.3) is 5.76 Å². The minimum Gasteiger partial charge on any atom is -0.507 e. The van der Waals surface area contributed by atoms with Gasteiger partial charge >= 0.3 is 5.91 Å². The molecule has 0 unspecified atom stereocenters. The number of nitrogens with zero attached hydrogens (tertiary/aromatic N) is 3. The van der Waals surface area contributed by atoms with E-state index in [1.54, 1.807) is 54.6 Å². The van der Waals surface area contributed by atoms with Crippen LogP contribution in [0.4, 0.5) is 5.95 Å². The van der Waals surface area contributed by atoms with Crippen molar-refractivity contribution >= 4 is 23.4 Å². The highest BCUT2D eigenvalue weighted by atomic mass is 16.5. The van der Waals surface area contributed by atoms with Crippen molar-refractivity contribution < 1.29 is 19.4 Å². The molecule has 0 aliphatic carbocycles. The van der Waals surface area contributed by atoms with Gasteiger partial charge in [0.15, 0.2) is 0 Å². The summed E-state index contributed by atoms with van der Waals surface area (Å²) in [6.07, 6.45) is 2.99. The van der Waals surface area contributed by atoms with Gasteiger partial charge in [-0.15, -0.1) is 0 Å². The molecular weight excluding hydrogens is 370 g/mol. The number of aliphatic hydroxyl groups excluding tert-OH is 1. The summed E-state index contributed by atoms with van der Waals surface area (Å²) in [5.74, 6) is -1.14. The molecule has 1 aliphatic rings. The Morgan fingerprint density at radius 3 is 2.24 bits per heavy atom. The number of methoxy groups -OCH3 is 1. The first-order valence-corrected chi connectivity index (χ1v) is 8.89. The molecule has 0 spiro atoms. The summed E-state index contributed by atoms with van der Waals surface area (Å²) in [5.41, 5.74) is 1.05. The molecule has 0 saturated carbocycles. The third-order valence-corrected chi connectivity index (χ3v) is 4.69. The van der Waals surface area contributed by atoms with Gasteiger partial charge in [0, 0.05) is 18.0 Å². The summed E-state index contributed by atoms with van der Waals surface area (Å²) in [7, 11) is 1.54. The maximum absolute atomic E-state index is 12.9. The van der Waals surface area contributed by atoms with E-state index in [0.717, 1.165) is 0 Å². The molecule has 29 heavy (non-hydrogen) atoms. The number of anilines is 1. The molecule has 0 radical (unpaired) electrons. The molecule has 1 aliphatic heterocycles. The number of rotatable bonds is 4. The standard InChI is InChI=1S/C22H17N3O4/c1-29-16-10-8-15(9-11-16)19(26)17-18(14-6-3-2-4-7-14)25(21(28)20(17)27)22-23-12-5-13-24-22/h2-13,18,26H,1H3/b19-17+/t18-/m0/s1. The zero-order chi connectivity index (χ0) is 20.4. The van der Waals surface area contributed by atoms with Crippen molar-refractivity contribution in [2.45, 2.75) is 6.04 Å². The summed E-state index contributed by atoms with van der Waals surface area (Å²) < 4.78 is 5.13. The first kappa shape index (κ1) is 18.4. The zero-order valence-corrected chi connectivity index (χ0v) is 15.5. The van der Waals surface area contributed by atoms with E-state index in [2.05, 4.69) is 9.97 Å². The predicted molar refractivity (Wildman–Crippen MR) is 106 cm³/mol. The smallest absolute Gasteiger partial charge is 0.302 e. The lowest BCUT2D eigenvalue weighted by Crippen LogP contribution is -2.31. The second kappa shape index (κ2) is 7.55. The number of hydrogen-bond donors (Lipinski definition) is 1. The van der Waals surface area contributed by atoms with Gasteiger partial charge in [-0.25, -0.2) is 9.97 Å². The molecule has 1 atom stereocenters. The second-order valence-electron chi connectivity index (χ2n) is 6.36. The van der Waals surface area contributed by atoms with Gasteiger partial charge in [0.25, 0.3) is 5.78 Å². The van der Waals surface area contributed by atoms with E-state index in [9.17, 15) is 14.7 Å². The summed E-state index contributed by atoms with van der Waals surface area (Å²) in [6.45, 7) is 0. The fourth-order valence-electron chi connectivity index (χ4n) is 3.31. The van der Waals surface area contributed by atoms with Gasteiger partial charge in [-0.05, 0) is 35.9 Å². The minimum atomic E-state index is -0.847. The highest BCUT2D eigenvalue weighted by molar-refractivity contribution is 6.51. The Bertz CT molecular complexity index is 1080. The van der Waals surface area contributed by atoms with Crippen LogP contribution in [0.5, 0.6) is 5.75 Å². The number of ketones is 1. The first-order valence-electron chi connectivity index (χ1n) is 8.89. The van der Waals surface area contributed by atoms with Crippen LogP contribution in [0.3, 0.4) is 0 Å². The SMILES string of the molecule is COc1ccc(/C(O)=C2\C(=O)C(=O)N(c3ncccn3)[C@H]2c2ccccc2)cc1. The Hall–Kier alpha value is -4.00. The lowest BCUT2D eigenvalue weighted by molar-refractivity contribution is -0.132. The van der Waals surface area contributed by atoms with Crippen LogP contribution in [0, 0.1) is 0 Å². The molecule has 3 aromatic rings. The number of hydrogen-bond acceptors (Lipinski definition) is 6. The minimum absolute atomic E-state index is 0.0150. The molecule has 4 rings (SSSR count). The summed E-state index contributed by atoms with van der Waals surface area (Å²) in [6, 6.07) is 16.4. The topological polar surface area (TPSA) is 92.6 Å². The van der Waals surface area contributed by atoms with Gasteiger partial charge in [-0.1, -0.05) is 30.3 Å². The van der Waals surface area contributed by atoms with Crippen LogP contribution in [0.15, 0.2) is 78.6 Å². The average Bonchev–Trinajstić information content (AvgIpc) is 3.05. The normalized spacial score (nSPS) is 18.1. The van der Waals surface area contributed by atoms with Gasteiger partial charge in [-0.2, -0.15) is 0 Å². The number of ether oxygens (including phenoxy) is 1. The highest BCUT2D eigenvalue weighted by Gasteiger charge is 2.48. The molecule has 7 heteroatoms. The van der Waals surface area contributed by atoms with Crippen LogP contribution < -0.4 is 9.64 Å². The second-order valence-corrected chi connectivity index (χ2v) is 6.36. The quantitative estimate of drug-likeness (QED) is 0.420. The monoisotopic (exact) mass is 387 g/mol. The Labute approximate surface area is 166 Å². The summed E-state index contributed by atoms with van der Waals surface area (Å²) in [4.78, 5) is 35.3. The fraction of sp³-hybridized carbons (Fsp3) is 0.0909. The number of amides is 1. The molecule has 1 N–H and O–H groups in total. The number of carbonyl (C=O) groups is 2. The Morgan fingerprint density at radius 2 is 1.62 bits per heavy atom. The van der Waals surface area contributed by atoms with Crippen LogP contribution in [0.2, 0.25) is 0 Å². The van der Waals surface area contributed by atoms with Crippen LogP contribution >= 0.6 is 0 Å². The molecule has 0 bridgehead atoms. The summed E-state index contributed by atoms with van der Waals surface area (Å²) in [5, 5.41) is 11.0. The molecule has 1 fully saturated rings. The maximum Gasteiger partial charge on any atom is 0.302 e. The Kier molecular flexibility index (Phi) is 4.78. The van der Waals surface area contributed by atoms with E-state index in [-0.39, 0.29) is 17.3 Å². The fourth-order valence-corrected chi connectivity index (χ4v) is 3.31. The van der Waals surface area contributed by atoms with Gasteiger partial charge in [0.1, 0.15) is 11.5 Å². The Balaban J connectivity index is 1.91. The average molecular weight is 387 g/mol. The third-order valence-electron chi connectivity index (χ3n) is 4.69. The molecule has 2 heterocycles. The largest absolute Gasteiger partial charge is 0.507 e. The van der Waals surface area contributed by atoms with Crippen molar-refractivity contribution in [2.75, 3.05) is 12.0 Å². The van der Waals surface area contributed by atoms with E-state index in [1.165, 1.54) is 24.4 Å². The summed E-state index contributed by atoms with van der Waals surface area (Å²) >= 11 is 0. The first-order chi connectivity index (χ1) is 14.1. The lowest BCUT2D eigenvalue weighted by atomic mass is 9.95. The molecule has 2 aromatic carbocycles. The van der Waals surface area contributed by atoms with Crippen molar-refractivity contribution in [2.24, 2.45) is 0 Å². The van der Waals surface area contributed by atoms with Crippen molar-refractivity contribution in [3.8, 4) is 5.75 Å². The van der Waals surface area contributed by atoms with Crippen LogP contribution in [0.1, 0.15) is 17.2 Å². The van der Waals surface area contributed by atoms with E-state index < -0.39 is 17.7 Å². The zero-order valence-electron chi connectivity index (χ0n) is 15.5. The van der Waals surface area contributed by atoms with E-state index in [4.69, 9.17) is 4.74 Å². The lowest BCUT2D eigenvalue weighted by Gasteiger charge is -2.23. The predicted octanol–water partition coefficient (Wildman–Crippen LogP) is 3.11. The highest BCUT2D eigenvalue weighted by Crippen LogP contribution is 2.40. The van der Waals surface area contributed by atoms with Crippen molar-refractivity contribution in [1.29, 1.82) is 0 Å². The third kappa shape index (κ3) is 3.23. The van der Waals surface area contributed by atoms with E-state index in [0.29, 0.717) is 16.9 Å². The number of benzene rings is 2. The van der Waals surface area contributed by atoms with Crippen molar-refractivity contribution in [1.82, 2.24) is 9.97 Å². The number of Topliss-reactive ketones (excluding diaryl/α,β-unsaturated/α-hetero) is 1. The number of aliphatic hydroxyl groups is 1. The van der Waals surface area contributed by atoms with Crippen LogP contribution in [-0.2, 0) is 9.59 Å².